The van der Waals surface area contributed by atoms with Crippen molar-refractivity contribution in [1.82, 2.24) is 15.0 Å². The van der Waals surface area contributed by atoms with Crippen LogP contribution in [0.3, 0.4) is 0 Å². The smallest absolute Gasteiger partial charge is 0.233 e. The summed E-state index contributed by atoms with van der Waals surface area (Å²) in [4.78, 5) is 31.1. The van der Waals surface area contributed by atoms with Gasteiger partial charge in [-0.1, -0.05) is 30.3 Å². The van der Waals surface area contributed by atoms with Gasteiger partial charge in [-0.05, 0) is 56.2 Å². The van der Waals surface area contributed by atoms with E-state index >= 15 is 0 Å². The molecule has 0 atom stereocenters. The summed E-state index contributed by atoms with van der Waals surface area (Å²) in [6.45, 7) is 3.78. The molecule has 3 aromatic rings. The maximum Gasteiger partial charge on any atom is 0.233 e. The molecule has 1 amide bonds. The van der Waals surface area contributed by atoms with Crippen molar-refractivity contribution in [3.05, 3.63) is 54.1 Å². The van der Waals surface area contributed by atoms with Gasteiger partial charge in [-0.25, -0.2) is 0 Å². The fourth-order valence-electron chi connectivity index (χ4n) is 4.70. The largest absolute Gasteiger partial charge is 0.506 e. The standard InChI is InChI=1S/C27H33N7O2/c35-23-19-21(12-13-22(23)29-24(36)18-20-10-4-1-5-11-20)28-25-30-26(33-14-6-2-7-15-33)32-27(31-25)34-16-8-3-9-17-34/h1,4-5,10-13,19,35H,2-3,6-9,14-18H2,(H,29,36)(H,28,30,31,32). The van der Waals surface area contributed by atoms with E-state index in [0.717, 1.165) is 57.4 Å². The number of aromatic hydroxyl groups is 1. The molecule has 2 saturated heterocycles. The first-order valence-electron chi connectivity index (χ1n) is 12.8. The highest BCUT2D eigenvalue weighted by atomic mass is 16.3. The molecule has 5 rings (SSSR count). The molecular formula is C27H33N7O2. The van der Waals surface area contributed by atoms with Gasteiger partial charge in [0.05, 0.1) is 12.1 Å². The molecule has 1 aromatic heterocycles. The number of carbonyl (C=O) groups is 1. The predicted octanol–water partition coefficient (Wildman–Crippen LogP) is 4.48. The lowest BCUT2D eigenvalue weighted by Crippen LogP contribution is -2.34. The molecule has 188 valence electrons. The number of phenolic OH excluding ortho intramolecular Hbond substituents is 1. The number of nitrogens with one attached hydrogen (secondary N) is 2. The summed E-state index contributed by atoms with van der Waals surface area (Å²) in [5.74, 6) is 1.63. The average molecular weight is 488 g/mol. The third-order valence-electron chi connectivity index (χ3n) is 6.63. The summed E-state index contributed by atoms with van der Waals surface area (Å²) < 4.78 is 0. The molecule has 0 aliphatic carbocycles. The van der Waals surface area contributed by atoms with Gasteiger partial charge in [0.15, 0.2) is 0 Å². The van der Waals surface area contributed by atoms with Gasteiger partial charge in [0.25, 0.3) is 0 Å². The number of benzene rings is 2. The van der Waals surface area contributed by atoms with Gasteiger partial charge in [-0.3, -0.25) is 4.79 Å². The molecule has 9 heteroatoms. The molecule has 2 aliphatic rings. The van der Waals surface area contributed by atoms with E-state index in [1.165, 1.54) is 12.8 Å². The number of amides is 1. The summed E-state index contributed by atoms with van der Waals surface area (Å²) in [5.41, 5.74) is 1.91. The lowest BCUT2D eigenvalue weighted by Gasteiger charge is -2.30. The van der Waals surface area contributed by atoms with Crippen molar-refractivity contribution >= 4 is 35.1 Å². The zero-order valence-electron chi connectivity index (χ0n) is 20.5. The van der Waals surface area contributed by atoms with E-state index in [2.05, 4.69) is 20.4 Å². The van der Waals surface area contributed by atoms with E-state index in [0.29, 0.717) is 29.2 Å². The van der Waals surface area contributed by atoms with Crippen LogP contribution in [-0.4, -0.2) is 52.1 Å². The van der Waals surface area contributed by atoms with Crippen molar-refractivity contribution in [1.29, 1.82) is 0 Å². The number of nitrogens with zero attached hydrogens (tertiary/aromatic N) is 5. The van der Waals surface area contributed by atoms with Crippen molar-refractivity contribution in [2.45, 2.75) is 44.9 Å². The van der Waals surface area contributed by atoms with Crippen LogP contribution in [0, 0.1) is 0 Å². The highest BCUT2D eigenvalue weighted by Gasteiger charge is 2.20. The lowest BCUT2D eigenvalue weighted by molar-refractivity contribution is -0.115. The number of rotatable bonds is 7. The summed E-state index contributed by atoms with van der Waals surface area (Å²) in [7, 11) is 0. The van der Waals surface area contributed by atoms with Crippen LogP contribution in [0.5, 0.6) is 5.75 Å². The van der Waals surface area contributed by atoms with Gasteiger partial charge in [0.2, 0.25) is 23.8 Å². The lowest BCUT2D eigenvalue weighted by atomic mass is 10.1. The Morgan fingerprint density at radius 2 is 1.42 bits per heavy atom. The molecule has 0 saturated carbocycles. The molecule has 3 heterocycles. The first kappa shape index (κ1) is 23.8. The molecule has 2 fully saturated rings. The van der Waals surface area contributed by atoms with Gasteiger partial charge >= 0.3 is 0 Å². The molecule has 2 aliphatic heterocycles. The Morgan fingerprint density at radius 1 is 0.806 bits per heavy atom. The fraction of sp³-hybridized carbons (Fsp3) is 0.407. The first-order chi connectivity index (χ1) is 17.6. The Kier molecular flexibility index (Phi) is 7.44. The molecule has 36 heavy (non-hydrogen) atoms. The average Bonchev–Trinajstić information content (AvgIpc) is 2.92. The zero-order chi connectivity index (χ0) is 24.7. The third kappa shape index (κ3) is 6.02. The monoisotopic (exact) mass is 487 g/mol. The molecule has 0 unspecified atom stereocenters. The van der Waals surface area contributed by atoms with E-state index in [1.54, 1.807) is 18.2 Å². The SMILES string of the molecule is O=C(Cc1ccccc1)Nc1ccc(Nc2nc(N3CCCCC3)nc(N3CCCCC3)n2)cc1O. The first-order valence-corrected chi connectivity index (χ1v) is 12.8. The highest BCUT2D eigenvalue weighted by Crippen LogP contribution is 2.29. The Bertz CT molecular complexity index is 1140. The normalized spacial score (nSPS) is 16.0. The van der Waals surface area contributed by atoms with Crippen LogP contribution in [-0.2, 0) is 11.2 Å². The minimum atomic E-state index is -0.188. The molecular weight excluding hydrogens is 454 g/mol. The van der Waals surface area contributed by atoms with Crippen LogP contribution in [0.2, 0.25) is 0 Å². The number of aromatic nitrogens is 3. The van der Waals surface area contributed by atoms with E-state index in [-0.39, 0.29) is 18.1 Å². The predicted molar refractivity (Wildman–Crippen MR) is 142 cm³/mol. The second kappa shape index (κ2) is 11.2. The minimum absolute atomic E-state index is 0.0250. The summed E-state index contributed by atoms with van der Waals surface area (Å²) in [6, 6.07) is 14.6. The maximum absolute atomic E-state index is 12.4. The van der Waals surface area contributed by atoms with Crippen LogP contribution in [0.4, 0.5) is 29.2 Å². The Balaban J connectivity index is 1.32. The van der Waals surface area contributed by atoms with Crippen molar-refractivity contribution in [3.63, 3.8) is 0 Å². The van der Waals surface area contributed by atoms with Gasteiger partial charge in [-0.15, -0.1) is 0 Å². The third-order valence-corrected chi connectivity index (χ3v) is 6.63. The zero-order valence-corrected chi connectivity index (χ0v) is 20.5. The van der Waals surface area contributed by atoms with Gasteiger partial charge in [0, 0.05) is 37.9 Å². The molecule has 0 bridgehead atoms. The van der Waals surface area contributed by atoms with Crippen molar-refractivity contribution in [3.8, 4) is 5.75 Å². The quantitative estimate of drug-likeness (QED) is 0.419. The van der Waals surface area contributed by atoms with Gasteiger partial charge in [0.1, 0.15) is 5.75 Å². The minimum Gasteiger partial charge on any atom is -0.506 e. The van der Waals surface area contributed by atoms with E-state index in [9.17, 15) is 9.90 Å². The number of hydrogen-bond acceptors (Lipinski definition) is 8. The Labute approximate surface area is 211 Å². The van der Waals surface area contributed by atoms with Crippen LogP contribution in [0.1, 0.15) is 44.1 Å². The number of anilines is 5. The van der Waals surface area contributed by atoms with Crippen molar-refractivity contribution in [2.75, 3.05) is 46.6 Å². The molecule has 9 nitrogen and oxygen atoms in total. The fourth-order valence-corrected chi connectivity index (χ4v) is 4.70. The number of hydrogen-bond donors (Lipinski definition) is 3. The highest BCUT2D eigenvalue weighted by molar-refractivity contribution is 5.94. The topological polar surface area (TPSA) is 107 Å². The van der Waals surface area contributed by atoms with E-state index in [1.807, 2.05) is 30.3 Å². The van der Waals surface area contributed by atoms with Crippen molar-refractivity contribution in [2.24, 2.45) is 0 Å². The summed E-state index contributed by atoms with van der Waals surface area (Å²) >= 11 is 0. The number of phenols is 1. The maximum atomic E-state index is 12.4. The number of carbonyl (C=O) groups excluding carboxylic acids is 1. The molecule has 0 spiro atoms. The van der Waals surface area contributed by atoms with Crippen molar-refractivity contribution < 1.29 is 9.90 Å². The summed E-state index contributed by atoms with van der Waals surface area (Å²) in [5, 5.41) is 16.6. The van der Waals surface area contributed by atoms with Crippen LogP contribution >= 0.6 is 0 Å². The van der Waals surface area contributed by atoms with Crippen LogP contribution in [0.15, 0.2) is 48.5 Å². The molecule has 3 N–H and O–H groups in total. The Hall–Kier alpha value is -3.88. The Morgan fingerprint density at radius 3 is 2.00 bits per heavy atom. The molecule has 0 radical (unpaired) electrons. The second-order valence-corrected chi connectivity index (χ2v) is 9.42. The van der Waals surface area contributed by atoms with Gasteiger partial charge < -0.3 is 25.5 Å². The van der Waals surface area contributed by atoms with Crippen LogP contribution < -0.4 is 20.4 Å². The van der Waals surface area contributed by atoms with Gasteiger partial charge in [-0.2, -0.15) is 15.0 Å². The molecule has 2 aromatic carbocycles. The summed E-state index contributed by atoms with van der Waals surface area (Å²) in [6.07, 6.45) is 7.26. The number of piperidine rings is 2. The van der Waals surface area contributed by atoms with E-state index in [4.69, 9.17) is 15.0 Å². The second-order valence-electron chi connectivity index (χ2n) is 9.42. The van der Waals surface area contributed by atoms with E-state index < -0.39 is 0 Å². The van der Waals surface area contributed by atoms with Crippen LogP contribution in [0.25, 0.3) is 0 Å².